The Balaban J connectivity index is 1.33. The van der Waals surface area contributed by atoms with Gasteiger partial charge in [-0.1, -0.05) is 54.1 Å². The first-order chi connectivity index (χ1) is 16.2. The van der Waals surface area contributed by atoms with Crippen LogP contribution in [0.15, 0.2) is 91.4 Å². The largest absolute Gasteiger partial charge is 0.489 e. The Kier molecular flexibility index (Phi) is 4.74. The molecule has 0 bridgehead atoms. The topological polar surface area (TPSA) is 70.1 Å². The molecule has 0 fully saturated rings. The maximum Gasteiger partial charge on any atom is 0.182 e. The minimum absolute atomic E-state index is 0.414. The van der Waals surface area contributed by atoms with Crippen molar-refractivity contribution in [2.24, 2.45) is 0 Å². The molecular formula is C25H17ClN6O. The first kappa shape index (κ1) is 19.5. The van der Waals surface area contributed by atoms with E-state index >= 15 is 0 Å². The van der Waals surface area contributed by atoms with E-state index in [1.54, 1.807) is 27.8 Å². The van der Waals surface area contributed by atoms with Gasteiger partial charge in [-0.15, -0.1) is 5.10 Å². The SMILES string of the molecule is Clc1cccc(OCc2cccc(-c3nc4c5cnn(-c6ccccc6)c5ncn4n3)c2)c1. The second kappa shape index (κ2) is 8.03. The third kappa shape index (κ3) is 3.68. The third-order valence-electron chi connectivity index (χ3n) is 5.29. The van der Waals surface area contributed by atoms with Gasteiger partial charge in [0.05, 0.1) is 17.3 Å². The molecule has 6 rings (SSSR count). The Morgan fingerprint density at radius 1 is 0.879 bits per heavy atom. The summed E-state index contributed by atoms with van der Waals surface area (Å²) in [6.07, 6.45) is 3.44. The fraction of sp³-hybridized carbons (Fsp3) is 0.0400. The molecule has 0 aliphatic rings. The zero-order chi connectivity index (χ0) is 22.2. The standard InChI is InChI=1S/C25H17ClN6O/c26-19-8-5-11-21(13-19)33-15-17-6-4-7-18(12-17)23-29-25-22-14-28-32(20-9-2-1-3-10-20)24(22)27-16-31(25)30-23/h1-14,16H,15H2. The molecule has 6 aromatic rings. The highest BCUT2D eigenvalue weighted by atomic mass is 35.5. The maximum absolute atomic E-state index is 6.04. The Morgan fingerprint density at radius 3 is 2.64 bits per heavy atom. The number of hydrogen-bond acceptors (Lipinski definition) is 5. The quantitative estimate of drug-likeness (QED) is 0.352. The first-order valence-electron chi connectivity index (χ1n) is 10.4. The Morgan fingerprint density at radius 2 is 1.76 bits per heavy atom. The van der Waals surface area contributed by atoms with E-state index in [2.05, 4.69) is 15.2 Å². The molecule has 0 saturated heterocycles. The van der Waals surface area contributed by atoms with Crippen LogP contribution in [0.1, 0.15) is 5.56 Å². The number of benzene rings is 3. The minimum atomic E-state index is 0.414. The lowest BCUT2D eigenvalue weighted by atomic mass is 10.1. The molecule has 160 valence electrons. The van der Waals surface area contributed by atoms with Crippen LogP contribution in [0.3, 0.4) is 0 Å². The van der Waals surface area contributed by atoms with Crippen LogP contribution in [0.5, 0.6) is 5.75 Å². The zero-order valence-corrected chi connectivity index (χ0v) is 18.1. The molecule has 0 atom stereocenters. The van der Waals surface area contributed by atoms with Gasteiger partial charge in [0.15, 0.2) is 17.1 Å². The lowest BCUT2D eigenvalue weighted by Gasteiger charge is -2.07. The summed E-state index contributed by atoms with van der Waals surface area (Å²) in [6, 6.07) is 25.2. The van der Waals surface area contributed by atoms with E-state index in [4.69, 9.17) is 21.3 Å². The highest BCUT2D eigenvalue weighted by molar-refractivity contribution is 6.30. The molecule has 0 radical (unpaired) electrons. The second-order valence-electron chi connectivity index (χ2n) is 7.52. The lowest BCUT2D eigenvalue weighted by molar-refractivity contribution is 0.306. The highest BCUT2D eigenvalue weighted by Crippen LogP contribution is 2.24. The average Bonchev–Trinajstić information content (AvgIpc) is 3.48. The van der Waals surface area contributed by atoms with E-state index in [1.165, 1.54) is 0 Å². The molecule has 3 heterocycles. The van der Waals surface area contributed by atoms with Crippen LogP contribution < -0.4 is 4.74 Å². The maximum atomic E-state index is 6.04. The van der Waals surface area contributed by atoms with Gasteiger partial charge in [0.2, 0.25) is 0 Å². The van der Waals surface area contributed by atoms with Crippen molar-refractivity contribution in [2.75, 3.05) is 0 Å². The van der Waals surface area contributed by atoms with Crippen molar-refractivity contribution in [3.8, 4) is 22.8 Å². The van der Waals surface area contributed by atoms with Crippen LogP contribution in [0.2, 0.25) is 5.02 Å². The van der Waals surface area contributed by atoms with Crippen molar-refractivity contribution in [3.05, 3.63) is 102 Å². The van der Waals surface area contributed by atoms with E-state index in [-0.39, 0.29) is 0 Å². The number of nitrogens with zero attached hydrogens (tertiary/aromatic N) is 6. The normalized spacial score (nSPS) is 11.3. The summed E-state index contributed by atoms with van der Waals surface area (Å²) < 4.78 is 9.36. The molecule has 0 spiro atoms. The minimum Gasteiger partial charge on any atom is -0.489 e. The van der Waals surface area contributed by atoms with E-state index in [0.717, 1.165) is 33.6 Å². The van der Waals surface area contributed by atoms with Crippen molar-refractivity contribution in [1.29, 1.82) is 0 Å². The van der Waals surface area contributed by atoms with E-state index in [0.29, 0.717) is 23.1 Å². The summed E-state index contributed by atoms with van der Waals surface area (Å²) in [5, 5.41) is 10.6. The van der Waals surface area contributed by atoms with Crippen molar-refractivity contribution < 1.29 is 4.74 Å². The number of rotatable bonds is 5. The summed E-state index contributed by atoms with van der Waals surface area (Å²) in [5.41, 5.74) is 4.28. The highest BCUT2D eigenvalue weighted by Gasteiger charge is 2.14. The summed E-state index contributed by atoms with van der Waals surface area (Å²) in [7, 11) is 0. The number of ether oxygens (including phenoxy) is 1. The van der Waals surface area contributed by atoms with Gasteiger partial charge in [-0.05, 0) is 42.0 Å². The van der Waals surface area contributed by atoms with Gasteiger partial charge in [-0.2, -0.15) is 5.10 Å². The predicted octanol–water partition coefficient (Wildman–Crippen LogP) is 5.36. The molecule has 0 aliphatic heterocycles. The molecule has 0 unspecified atom stereocenters. The summed E-state index contributed by atoms with van der Waals surface area (Å²) >= 11 is 6.04. The lowest BCUT2D eigenvalue weighted by Crippen LogP contribution is -1.98. The predicted molar refractivity (Wildman–Crippen MR) is 127 cm³/mol. The number of aromatic nitrogens is 6. The first-order valence-corrected chi connectivity index (χ1v) is 10.7. The summed E-state index contributed by atoms with van der Waals surface area (Å²) in [4.78, 5) is 9.36. The van der Waals surface area contributed by atoms with E-state index in [9.17, 15) is 0 Å². The van der Waals surface area contributed by atoms with Crippen LogP contribution in [0, 0.1) is 0 Å². The van der Waals surface area contributed by atoms with Gasteiger partial charge in [0.1, 0.15) is 18.7 Å². The van der Waals surface area contributed by atoms with Gasteiger partial charge in [-0.25, -0.2) is 19.2 Å². The molecule has 33 heavy (non-hydrogen) atoms. The van der Waals surface area contributed by atoms with Crippen LogP contribution in [-0.2, 0) is 6.61 Å². The van der Waals surface area contributed by atoms with Crippen LogP contribution >= 0.6 is 11.6 Å². The van der Waals surface area contributed by atoms with Crippen LogP contribution in [-0.4, -0.2) is 29.4 Å². The molecule has 0 amide bonds. The fourth-order valence-electron chi connectivity index (χ4n) is 3.72. The average molecular weight is 453 g/mol. The van der Waals surface area contributed by atoms with Gasteiger partial charge < -0.3 is 4.74 Å². The third-order valence-corrected chi connectivity index (χ3v) is 5.53. The monoisotopic (exact) mass is 452 g/mol. The molecular weight excluding hydrogens is 436 g/mol. The molecule has 0 N–H and O–H groups in total. The second-order valence-corrected chi connectivity index (χ2v) is 7.96. The van der Waals surface area contributed by atoms with Crippen molar-refractivity contribution in [2.45, 2.75) is 6.61 Å². The smallest absolute Gasteiger partial charge is 0.182 e. The van der Waals surface area contributed by atoms with E-state index in [1.807, 2.05) is 72.8 Å². The van der Waals surface area contributed by atoms with Crippen LogP contribution in [0.4, 0.5) is 0 Å². The Bertz CT molecular complexity index is 1590. The number of fused-ring (bicyclic) bond motifs is 3. The number of halogens is 1. The van der Waals surface area contributed by atoms with Crippen LogP contribution in [0.25, 0.3) is 33.8 Å². The van der Waals surface area contributed by atoms with Crippen molar-refractivity contribution in [1.82, 2.24) is 29.4 Å². The van der Waals surface area contributed by atoms with E-state index < -0.39 is 0 Å². The Hall–Kier alpha value is -4.23. The summed E-state index contributed by atoms with van der Waals surface area (Å²) in [5.74, 6) is 1.34. The molecule has 0 saturated carbocycles. The molecule has 7 nitrogen and oxygen atoms in total. The van der Waals surface area contributed by atoms with Gasteiger partial charge in [-0.3, -0.25) is 0 Å². The summed E-state index contributed by atoms with van der Waals surface area (Å²) in [6.45, 7) is 0.414. The number of para-hydroxylation sites is 1. The van der Waals surface area contributed by atoms with Gasteiger partial charge in [0, 0.05) is 10.6 Å². The number of hydrogen-bond donors (Lipinski definition) is 0. The molecule has 3 aromatic heterocycles. The molecule has 3 aromatic carbocycles. The van der Waals surface area contributed by atoms with Crippen molar-refractivity contribution >= 4 is 28.3 Å². The Labute approximate surface area is 193 Å². The fourth-order valence-corrected chi connectivity index (χ4v) is 3.91. The van der Waals surface area contributed by atoms with Gasteiger partial charge >= 0.3 is 0 Å². The molecule has 0 aliphatic carbocycles. The molecule has 8 heteroatoms. The van der Waals surface area contributed by atoms with Crippen molar-refractivity contribution in [3.63, 3.8) is 0 Å². The van der Waals surface area contributed by atoms with Gasteiger partial charge in [0.25, 0.3) is 0 Å². The zero-order valence-electron chi connectivity index (χ0n) is 17.3.